The monoisotopic (exact) mass is 310 g/mol. The van der Waals surface area contributed by atoms with Crippen molar-refractivity contribution in [1.29, 1.82) is 0 Å². The summed E-state index contributed by atoms with van der Waals surface area (Å²) in [7, 11) is 0. The van der Waals surface area contributed by atoms with Crippen molar-refractivity contribution >= 4 is 39.8 Å². The van der Waals surface area contributed by atoms with Gasteiger partial charge >= 0.3 is 0 Å². The van der Waals surface area contributed by atoms with Crippen molar-refractivity contribution < 1.29 is 4.79 Å². The number of nitrogens with two attached hydrogens (primary N) is 1. The van der Waals surface area contributed by atoms with Gasteiger partial charge in [-0.05, 0) is 12.1 Å². The Morgan fingerprint density at radius 1 is 1.35 bits per heavy atom. The Labute approximate surface area is 126 Å². The number of carbonyl (C=O) groups is 1. The third-order valence-electron chi connectivity index (χ3n) is 2.57. The van der Waals surface area contributed by atoms with Gasteiger partial charge in [0.15, 0.2) is 5.13 Å². The number of pyridine rings is 1. The summed E-state index contributed by atoms with van der Waals surface area (Å²) >= 11 is 7.16. The Morgan fingerprint density at radius 3 is 2.60 bits per heavy atom. The van der Waals surface area contributed by atoms with Crippen molar-refractivity contribution in [2.45, 2.75) is 26.2 Å². The number of nitrogens with zero attached hydrogens (tertiary/aromatic N) is 2. The lowest BCUT2D eigenvalue weighted by Gasteiger charge is -2.14. The van der Waals surface area contributed by atoms with E-state index in [2.05, 4.69) is 36.1 Å². The predicted octanol–water partition coefficient (Wildman–Crippen LogP) is 3.32. The van der Waals surface area contributed by atoms with Crippen molar-refractivity contribution in [2.75, 3.05) is 11.1 Å². The van der Waals surface area contributed by atoms with Gasteiger partial charge in [0.2, 0.25) is 0 Å². The molecule has 0 unspecified atom stereocenters. The number of thiazole rings is 1. The highest BCUT2D eigenvalue weighted by Gasteiger charge is 2.18. The summed E-state index contributed by atoms with van der Waals surface area (Å²) in [6, 6.07) is 2.94. The van der Waals surface area contributed by atoms with Gasteiger partial charge in [0, 0.05) is 16.4 Å². The first-order valence-corrected chi connectivity index (χ1v) is 7.22. The number of anilines is 2. The van der Waals surface area contributed by atoms with Crippen LogP contribution in [0.4, 0.5) is 10.9 Å². The van der Waals surface area contributed by atoms with Gasteiger partial charge in [-0.2, -0.15) is 0 Å². The number of hydrogen-bond donors (Lipinski definition) is 2. The normalized spacial score (nSPS) is 11.4. The van der Waals surface area contributed by atoms with Crippen LogP contribution in [0.3, 0.4) is 0 Å². The van der Waals surface area contributed by atoms with Crippen LogP contribution >= 0.6 is 22.9 Å². The molecule has 0 fully saturated rings. The third kappa shape index (κ3) is 3.46. The van der Waals surface area contributed by atoms with Crippen LogP contribution in [0.15, 0.2) is 17.5 Å². The highest BCUT2D eigenvalue weighted by Crippen LogP contribution is 2.26. The van der Waals surface area contributed by atoms with Crippen molar-refractivity contribution in [3.63, 3.8) is 0 Å². The van der Waals surface area contributed by atoms with Crippen LogP contribution in [0.25, 0.3) is 0 Å². The van der Waals surface area contributed by atoms with Gasteiger partial charge < -0.3 is 5.73 Å². The second-order valence-corrected chi connectivity index (χ2v) is 6.59. The van der Waals surface area contributed by atoms with Crippen LogP contribution in [-0.2, 0) is 5.41 Å². The molecule has 0 saturated heterocycles. The maximum atomic E-state index is 12.1. The number of nitrogen functional groups attached to an aromatic ring is 1. The van der Waals surface area contributed by atoms with Gasteiger partial charge in [-0.25, -0.2) is 9.97 Å². The molecule has 0 spiro atoms. The summed E-state index contributed by atoms with van der Waals surface area (Å²) in [5.41, 5.74) is 6.80. The zero-order valence-corrected chi connectivity index (χ0v) is 13.0. The van der Waals surface area contributed by atoms with E-state index in [0.29, 0.717) is 10.7 Å². The Hall–Kier alpha value is -1.66. The highest BCUT2D eigenvalue weighted by atomic mass is 35.5. The van der Waals surface area contributed by atoms with E-state index in [1.54, 1.807) is 0 Å². The molecule has 20 heavy (non-hydrogen) atoms. The summed E-state index contributed by atoms with van der Waals surface area (Å²) in [5, 5.41) is 5.40. The summed E-state index contributed by atoms with van der Waals surface area (Å²) in [4.78, 5) is 20.3. The molecular weight excluding hydrogens is 296 g/mol. The highest BCUT2D eigenvalue weighted by molar-refractivity contribution is 7.14. The minimum atomic E-state index is -0.309. The first-order valence-electron chi connectivity index (χ1n) is 5.96. The number of aromatic nitrogens is 2. The van der Waals surface area contributed by atoms with Gasteiger partial charge in [0.05, 0.1) is 5.69 Å². The average molecular weight is 311 g/mol. The van der Waals surface area contributed by atoms with Crippen molar-refractivity contribution in [3.05, 3.63) is 33.9 Å². The Bertz CT molecular complexity index is 628. The fourth-order valence-corrected chi connectivity index (χ4v) is 2.64. The molecule has 7 heteroatoms. The quantitative estimate of drug-likeness (QED) is 0.834. The summed E-state index contributed by atoms with van der Waals surface area (Å²) in [6.45, 7) is 6.20. The van der Waals surface area contributed by atoms with E-state index in [1.807, 2.05) is 5.38 Å². The number of rotatable bonds is 2. The van der Waals surface area contributed by atoms with Gasteiger partial charge in [0.25, 0.3) is 5.91 Å². The van der Waals surface area contributed by atoms with Gasteiger partial charge in [-0.3, -0.25) is 10.1 Å². The van der Waals surface area contributed by atoms with Crippen LogP contribution in [-0.4, -0.2) is 15.9 Å². The molecule has 2 aromatic heterocycles. The second-order valence-electron chi connectivity index (χ2n) is 5.35. The van der Waals surface area contributed by atoms with Crippen molar-refractivity contribution in [1.82, 2.24) is 9.97 Å². The standard InChI is InChI=1S/C13H15ClN4OS/c1-13(2,3)8-6-20-12(16-8)18-11(19)7-4-9(14)17-10(15)5-7/h4-6H,1-3H3,(H2,15,17)(H,16,18,19). The molecule has 0 radical (unpaired) electrons. The summed E-state index contributed by atoms with van der Waals surface area (Å²) < 4.78 is 0. The predicted molar refractivity (Wildman–Crippen MR) is 82.4 cm³/mol. The van der Waals surface area contributed by atoms with Crippen LogP contribution in [0.2, 0.25) is 5.15 Å². The van der Waals surface area contributed by atoms with Gasteiger partial charge in [-0.1, -0.05) is 32.4 Å². The fourth-order valence-electron chi connectivity index (χ4n) is 1.49. The second kappa shape index (κ2) is 5.38. The van der Waals surface area contributed by atoms with Crippen molar-refractivity contribution in [2.24, 2.45) is 0 Å². The maximum Gasteiger partial charge on any atom is 0.257 e. The molecule has 0 aliphatic heterocycles. The topological polar surface area (TPSA) is 80.9 Å². The third-order valence-corrected chi connectivity index (χ3v) is 3.52. The van der Waals surface area contributed by atoms with E-state index in [4.69, 9.17) is 17.3 Å². The maximum absolute atomic E-state index is 12.1. The largest absolute Gasteiger partial charge is 0.384 e. The molecule has 2 rings (SSSR count). The lowest BCUT2D eigenvalue weighted by atomic mass is 9.93. The van der Waals surface area contributed by atoms with E-state index in [9.17, 15) is 4.79 Å². The molecule has 0 aliphatic carbocycles. The molecule has 0 aliphatic rings. The van der Waals surface area contributed by atoms with Crippen molar-refractivity contribution in [3.8, 4) is 0 Å². The molecule has 0 bridgehead atoms. The Kier molecular flexibility index (Phi) is 3.96. The Balaban J connectivity index is 2.17. The smallest absolute Gasteiger partial charge is 0.257 e. The van der Waals surface area contributed by atoms with E-state index < -0.39 is 0 Å². The lowest BCUT2D eigenvalue weighted by molar-refractivity contribution is 0.102. The Morgan fingerprint density at radius 2 is 2.05 bits per heavy atom. The minimum absolute atomic E-state index is 0.0517. The zero-order chi connectivity index (χ0) is 14.9. The van der Waals surface area contributed by atoms with Gasteiger partial charge in [0.1, 0.15) is 11.0 Å². The van der Waals surface area contributed by atoms with E-state index in [-0.39, 0.29) is 22.3 Å². The molecule has 0 aromatic carbocycles. The van der Waals surface area contributed by atoms with Crippen LogP contribution in [0.1, 0.15) is 36.8 Å². The number of amides is 1. The SMILES string of the molecule is CC(C)(C)c1csc(NC(=O)c2cc(N)nc(Cl)c2)n1. The fraction of sp³-hybridized carbons (Fsp3) is 0.308. The molecule has 106 valence electrons. The van der Waals surface area contributed by atoms with Crippen LogP contribution in [0.5, 0.6) is 0 Å². The summed E-state index contributed by atoms with van der Waals surface area (Å²) in [5.74, 6) is -0.104. The van der Waals surface area contributed by atoms with E-state index in [0.717, 1.165) is 5.69 Å². The van der Waals surface area contributed by atoms with Gasteiger partial charge in [-0.15, -0.1) is 11.3 Å². The molecule has 0 saturated carbocycles. The van der Waals surface area contributed by atoms with Crippen LogP contribution < -0.4 is 11.1 Å². The number of hydrogen-bond acceptors (Lipinski definition) is 5. The molecule has 0 atom stereocenters. The lowest BCUT2D eigenvalue weighted by Crippen LogP contribution is -2.14. The molecule has 5 nitrogen and oxygen atoms in total. The van der Waals surface area contributed by atoms with E-state index in [1.165, 1.54) is 23.5 Å². The molecule has 2 heterocycles. The molecule has 3 N–H and O–H groups in total. The average Bonchev–Trinajstić information content (AvgIpc) is 2.75. The van der Waals surface area contributed by atoms with Crippen LogP contribution in [0, 0.1) is 0 Å². The molecule has 2 aromatic rings. The minimum Gasteiger partial charge on any atom is -0.384 e. The van der Waals surface area contributed by atoms with E-state index >= 15 is 0 Å². The zero-order valence-electron chi connectivity index (χ0n) is 11.4. The first-order chi connectivity index (χ1) is 9.25. The summed E-state index contributed by atoms with van der Waals surface area (Å²) in [6.07, 6.45) is 0. The number of halogens is 1. The first kappa shape index (κ1) is 14.7. The molecular formula is C13H15ClN4OS. The number of carbonyl (C=O) groups excluding carboxylic acids is 1. The number of nitrogens with one attached hydrogen (secondary N) is 1. The molecule has 1 amide bonds.